The zero-order valence-corrected chi connectivity index (χ0v) is 20.5. The molecule has 0 spiro atoms. The van der Waals surface area contributed by atoms with Crippen LogP contribution in [-0.2, 0) is 21.4 Å². The van der Waals surface area contributed by atoms with E-state index in [4.69, 9.17) is 23.2 Å². The molecule has 0 radical (unpaired) electrons. The molecule has 0 heterocycles. The van der Waals surface area contributed by atoms with Gasteiger partial charge in [-0.25, -0.2) is 13.8 Å². The van der Waals surface area contributed by atoms with Crippen LogP contribution in [-0.4, -0.2) is 31.4 Å². The Bertz CT molecular complexity index is 1220. The fourth-order valence-corrected chi connectivity index (χ4v) is 4.68. The standard InChI is InChI=1S/C22H18BrCl2N3O3S/c23-18-7-11-20(12-8-18)32(30,31)28(14-16-5-9-19(24)10-6-16)15-22(29)27-26-13-17-3-1-2-4-21(17)25/h1-13H,14-15H2,(H,27,29)/b26-13-. The smallest absolute Gasteiger partial charge is 0.255 e. The largest absolute Gasteiger partial charge is 0.272 e. The summed E-state index contributed by atoms with van der Waals surface area (Å²) in [6.07, 6.45) is 1.40. The van der Waals surface area contributed by atoms with Crippen molar-refractivity contribution in [3.05, 3.63) is 98.4 Å². The van der Waals surface area contributed by atoms with Gasteiger partial charge in [0.2, 0.25) is 10.0 Å². The number of benzene rings is 3. The zero-order chi connectivity index (χ0) is 23.1. The molecule has 3 aromatic carbocycles. The third-order valence-corrected chi connectivity index (χ3v) is 7.27. The minimum Gasteiger partial charge on any atom is -0.272 e. The molecule has 3 rings (SSSR count). The zero-order valence-electron chi connectivity index (χ0n) is 16.6. The number of hydrogen-bond donors (Lipinski definition) is 1. The maximum atomic E-state index is 13.2. The van der Waals surface area contributed by atoms with Crippen molar-refractivity contribution >= 4 is 61.3 Å². The van der Waals surface area contributed by atoms with Crippen LogP contribution in [0.25, 0.3) is 0 Å². The molecule has 32 heavy (non-hydrogen) atoms. The van der Waals surface area contributed by atoms with Gasteiger partial charge in [0.15, 0.2) is 0 Å². The van der Waals surface area contributed by atoms with Crippen molar-refractivity contribution in [2.24, 2.45) is 5.10 Å². The lowest BCUT2D eigenvalue weighted by molar-refractivity contribution is -0.121. The van der Waals surface area contributed by atoms with E-state index in [9.17, 15) is 13.2 Å². The summed E-state index contributed by atoms with van der Waals surface area (Å²) in [6.45, 7) is -0.446. The molecule has 0 aliphatic heterocycles. The number of carbonyl (C=O) groups is 1. The van der Waals surface area contributed by atoms with Crippen LogP contribution in [0.15, 0.2) is 87.3 Å². The molecule has 1 amide bonds. The van der Waals surface area contributed by atoms with Gasteiger partial charge in [-0.05, 0) is 48.0 Å². The number of amides is 1. The quantitative estimate of drug-likeness (QED) is 0.311. The molecule has 166 valence electrons. The Morgan fingerprint density at radius 3 is 2.31 bits per heavy atom. The van der Waals surface area contributed by atoms with Gasteiger partial charge in [0.25, 0.3) is 5.91 Å². The van der Waals surface area contributed by atoms with Crippen LogP contribution in [0.4, 0.5) is 0 Å². The first-order valence-electron chi connectivity index (χ1n) is 9.32. The van der Waals surface area contributed by atoms with E-state index >= 15 is 0 Å². The van der Waals surface area contributed by atoms with Crippen LogP contribution in [0.1, 0.15) is 11.1 Å². The number of sulfonamides is 1. The number of nitrogens with one attached hydrogen (secondary N) is 1. The van der Waals surface area contributed by atoms with Crippen molar-refractivity contribution in [3.8, 4) is 0 Å². The molecule has 0 atom stereocenters. The number of halogens is 3. The second-order valence-corrected chi connectivity index (χ2v) is 10.4. The Labute approximate surface area is 205 Å². The van der Waals surface area contributed by atoms with E-state index in [1.807, 2.05) is 0 Å². The van der Waals surface area contributed by atoms with E-state index in [2.05, 4.69) is 26.5 Å². The second-order valence-electron chi connectivity index (χ2n) is 6.67. The highest BCUT2D eigenvalue weighted by Crippen LogP contribution is 2.21. The average Bonchev–Trinajstić information content (AvgIpc) is 2.76. The number of nitrogens with zero attached hydrogens (tertiary/aromatic N) is 2. The Balaban J connectivity index is 1.80. The van der Waals surface area contributed by atoms with E-state index in [1.54, 1.807) is 60.7 Å². The molecular weight excluding hydrogens is 537 g/mol. The summed E-state index contributed by atoms with van der Waals surface area (Å²) in [7, 11) is -3.96. The van der Waals surface area contributed by atoms with Crippen molar-refractivity contribution in [2.45, 2.75) is 11.4 Å². The van der Waals surface area contributed by atoms with Crippen molar-refractivity contribution in [1.29, 1.82) is 0 Å². The lowest BCUT2D eigenvalue weighted by atomic mass is 10.2. The van der Waals surface area contributed by atoms with E-state index in [-0.39, 0.29) is 11.4 Å². The van der Waals surface area contributed by atoms with E-state index < -0.39 is 22.5 Å². The fraction of sp³-hybridized carbons (Fsp3) is 0.0909. The Hall–Kier alpha value is -2.23. The van der Waals surface area contributed by atoms with Gasteiger partial charge in [-0.15, -0.1) is 0 Å². The highest BCUT2D eigenvalue weighted by molar-refractivity contribution is 9.10. The maximum Gasteiger partial charge on any atom is 0.255 e. The summed E-state index contributed by atoms with van der Waals surface area (Å²) in [5, 5.41) is 4.90. The number of hydrazone groups is 1. The molecule has 1 N–H and O–H groups in total. The molecule has 0 aliphatic carbocycles. The summed E-state index contributed by atoms with van der Waals surface area (Å²) in [4.78, 5) is 12.6. The summed E-state index contributed by atoms with van der Waals surface area (Å²) < 4.78 is 28.3. The Morgan fingerprint density at radius 1 is 1.00 bits per heavy atom. The topological polar surface area (TPSA) is 78.8 Å². The predicted molar refractivity (Wildman–Crippen MR) is 130 cm³/mol. The number of rotatable bonds is 8. The van der Waals surface area contributed by atoms with Crippen molar-refractivity contribution in [3.63, 3.8) is 0 Å². The van der Waals surface area contributed by atoms with Crippen molar-refractivity contribution in [1.82, 2.24) is 9.73 Å². The van der Waals surface area contributed by atoms with Gasteiger partial charge in [0.05, 0.1) is 17.7 Å². The van der Waals surface area contributed by atoms with Gasteiger partial charge in [0, 0.05) is 26.6 Å². The molecular formula is C22H18BrCl2N3O3S. The summed E-state index contributed by atoms with van der Waals surface area (Å²) >= 11 is 15.3. The Kier molecular flexibility index (Phi) is 8.44. The fourth-order valence-electron chi connectivity index (χ4n) is 2.72. The average molecular weight is 555 g/mol. The van der Waals surface area contributed by atoms with Crippen molar-refractivity contribution in [2.75, 3.05) is 6.54 Å². The van der Waals surface area contributed by atoms with Crippen LogP contribution in [0, 0.1) is 0 Å². The number of hydrogen-bond acceptors (Lipinski definition) is 4. The number of carbonyl (C=O) groups excluding carboxylic acids is 1. The summed E-state index contributed by atoms with van der Waals surface area (Å²) in [5.74, 6) is -0.594. The van der Waals surface area contributed by atoms with Gasteiger partial charge in [-0.3, -0.25) is 4.79 Å². The minimum atomic E-state index is -3.96. The normalized spacial score (nSPS) is 11.8. The summed E-state index contributed by atoms with van der Waals surface area (Å²) in [6, 6.07) is 19.9. The van der Waals surface area contributed by atoms with E-state index in [0.29, 0.717) is 21.2 Å². The lowest BCUT2D eigenvalue weighted by Gasteiger charge is -2.21. The molecule has 0 aliphatic rings. The van der Waals surface area contributed by atoms with Crippen LogP contribution in [0.5, 0.6) is 0 Å². The minimum absolute atomic E-state index is 0.0167. The van der Waals surface area contributed by atoms with Crippen LogP contribution in [0.3, 0.4) is 0 Å². The van der Waals surface area contributed by atoms with Gasteiger partial charge < -0.3 is 0 Å². The van der Waals surface area contributed by atoms with Crippen LogP contribution in [0.2, 0.25) is 10.0 Å². The Morgan fingerprint density at radius 2 is 1.66 bits per heavy atom. The predicted octanol–water partition coefficient (Wildman–Crippen LogP) is 5.10. The molecule has 6 nitrogen and oxygen atoms in total. The highest BCUT2D eigenvalue weighted by Gasteiger charge is 2.27. The first kappa shape index (κ1) is 24.4. The van der Waals surface area contributed by atoms with Crippen LogP contribution < -0.4 is 5.43 Å². The molecule has 10 heteroatoms. The molecule has 3 aromatic rings. The highest BCUT2D eigenvalue weighted by atomic mass is 79.9. The molecule has 0 aromatic heterocycles. The first-order valence-corrected chi connectivity index (χ1v) is 12.3. The van der Waals surface area contributed by atoms with Gasteiger partial charge in [0.1, 0.15) is 0 Å². The van der Waals surface area contributed by atoms with Gasteiger partial charge >= 0.3 is 0 Å². The van der Waals surface area contributed by atoms with E-state index in [0.717, 1.165) is 8.78 Å². The third kappa shape index (κ3) is 6.63. The monoisotopic (exact) mass is 553 g/mol. The van der Waals surface area contributed by atoms with E-state index in [1.165, 1.54) is 18.3 Å². The third-order valence-electron chi connectivity index (χ3n) is 4.34. The SMILES string of the molecule is O=C(CN(Cc1ccc(Cl)cc1)S(=O)(=O)c1ccc(Br)cc1)N/N=C\c1ccccc1Cl. The van der Waals surface area contributed by atoms with Gasteiger partial charge in [-0.2, -0.15) is 9.41 Å². The molecule has 0 unspecified atom stereocenters. The second kappa shape index (κ2) is 11.1. The summed E-state index contributed by atoms with van der Waals surface area (Å²) in [5.41, 5.74) is 3.66. The van der Waals surface area contributed by atoms with Crippen LogP contribution >= 0.6 is 39.1 Å². The molecule has 0 saturated heterocycles. The lowest BCUT2D eigenvalue weighted by Crippen LogP contribution is -2.39. The van der Waals surface area contributed by atoms with Gasteiger partial charge in [-0.1, -0.05) is 69.5 Å². The maximum absolute atomic E-state index is 13.2. The molecule has 0 saturated carbocycles. The van der Waals surface area contributed by atoms with Crippen molar-refractivity contribution < 1.29 is 13.2 Å². The molecule has 0 bridgehead atoms. The first-order chi connectivity index (χ1) is 15.3. The molecule has 0 fully saturated rings.